The lowest BCUT2D eigenvalue weighted by molar-refractivity contribution is -0.129. The molecule has 1 amide bonds. The minimum Gasteiger partial charge on any atom is -0.364 e. The van der Waals surface area contributed by atoms with Crippen molar-refractivity contribution in [2.24, 2.45) is 0 Å². The number of aryl methyl sites for hydroxylation is 2. The van der Waals surface area contributed by atoms with Crippen molar-refractivity contribution < 1.29 is 4.79 Å². The van der Waals surface area contributed by atoms with Crippen LogP contribution in [0, 0.1) is 6.92 Å². The molecule has 28 heavy (non-hydrogen) atoms. The third-order valence-electron chi connectivity index (χ3n) is 4.85. The van der Waals surface area contributed by atoms with Crippen LogP contribution in [-0.2, 0) is 24.4 Å². The lowest BCUT2D eigenvalue weighted by atomic mass is 10.2. The van der Waals surface area contributed by atoms with Gasteiger partial charge in [-0.1, -0.05) is 30.3 Å². The number of fused-ring (bicyclic) bond motifs is 1. The number of hydrogen-bond donors (Lipinski definition) is 1. The molecule has 3 heterocycles. The molecule has 0 saturated carbocycles. The predicted octanol–water partition coefficient (Wildman–Crippen LogP) is 3.01. The van der Waals surface area contributed by atoms with Crippen molar-refractivity contribution in [1.82, 2.24) is 24.6 Å². The summed E-state index contributed by atoms with van der Waals surface area (Å²) in [5, 5.41) is 8.06. The summed E-state index contributed by atoms with van der Waals surface area (Å²) in [4.78, 5) is 22.8. The van der Waals surface area contributed by atoms with E-state index < -0.39 is 0 Å². The largest absolute Gasteiger partial charge is 0.364 e. The van der Waals surface area contributed by atoms with Crippen LogP contribution in [0.5, 0.6) is 0 Å². The van der Waals surface area contributed by atoms with Gasteiger partial charge in [0, 0.05) is 37.3 Å². The summed E-state index contributed by atoms with van der Waals surface area (Å²) in [6.07, 6.45) is 0.923. The molecule has 4 rings (SSSR count). The highest BCUT2D eigenvalue weighted by atomic mass is 16.2. The van der Waals surface area contributed by atoms with Crippen LogP contribution < -0.4 is 5.32 Å². The van der Waals surface area contributed by atoms with E-state index in [1.54, 1.807) is 6.92 Å². The topological polar surface area (TPSA) is 75.9 Å². The fourth-order valence-corrected chi connectivity index (χ4v) is 3.43. The molecule has 1 aliphatic heterocycles. The lowest BCUT2D eigenvalue weighted by Gasteiger charge is -2.17. The Morgan fingerprint density at radius 2 is 1.96 bits per heavy atom. The van der Waals surface area contributed by atoms with E-state index in [1.807, 2.05) is 52.9 Å². The number of carbonyl (C=O) groups is 1. The molecular weight excluding hydrogens is 352 g/mol. The minimum atomic E-state index is 0.110. The van der Waals surface area contributed by atoms with Crippen molar-refractivity contribution in [3.8, 4) is 11.4 Å². The van der Waals surface area contributed by atoms with Gasteiger partial charge in [0.25, 0.3) is 0 Å². The lowest BCUT2D eigenvalue weighted by Crippen LogP contribution is -2.28. The molecule has 1 aromatic carbocycles. The van der Waals surface area contributed by atoms with Crippen molar-refractivity contribution in [2.45, 2.75) is 39.9 Å². The van der Waals surface area contributed by atoms with E-state index in [2.05, 4.69) is 21.4 Å². The average Bonchev–Trinajstić information content (AvgIpc) is 2.96. The van der Waals surface area contributed by atoms with Crippen LogP contribution >= 0.6 is 0 Å². The first-order valence-electron chi connectivity index (χ1n) is 9.54. The second-order valence-electron chi connectivity index (χ2n) is 7.08. The Kier molecular flexibility index (Phi) is 5.06. The molecule has 0 radical (unpaired) electrons. The standard InChI is InChI=1S/C21H24N6O/c1-15-11-20(24-21(23-15)17-7-4-3-5-8-17)22-13-18-12-19-14-26(16(2)28)9-6-10-27(19)25-18/h3-5,7-8,11-12H,6,9-10,13-14H2,1-2H3,(H,22,23,24). The number of benzene rings is 1. The highest BCUT2D eigenvalue weighted by Crippen LogP contribution is 2.19. The fourth-order valence-electron chi connectivity index (χ4n) is 3.43. The third kappa shape index (κ3) is 4.03. The molecule has 0 bridgehead atoms. The van der Waals surface area contributed by atoms with E-state index in [0.29, 0.717) is 18.9 Å². The zero-order chi connectivity index (χ0) is 19.5. The van der Waals surface area contributed by atoms with Crippen LogP contribution in [0.15, 0.2) is 42.5 Å². The SMILES string of the molecule is CC(=O)N1CCCn2nc(CNc3cc(C)nc(-c4ccccc4)n3)cc2C1. The van der Waals surface area contributed by atoms with Gasteiger partial charge in [0.1, 0.15) is 5.82 Å². The summed E-state index contributed by atoms with van der Waals surface area (Å²) < 4.78 is 2.01. The first-order valence-corrected chi connectivity index (χ1v) is 9.54. The van der Waals surface area contributed by atoms with Gasteiger partial charge in [0.05, 0.1) is 24.5 Å². The van der Waals surface area contributed by atoms with E-state index in [0.717, 1.165) is 48.0 Å². The Hall–Kier alpha value is -3.22. The van der Waals surface area contributed by atoms with E-state index in [-0.39, 0.29) is 5.91 Å². The number of hydrogen-bond acceptors (Lipinski definition) is 5. The van der Waals surface area contributed by atoms with Gasteiger partial charge in [-0.25, -0.2) is 9.97 Å². The van der Waals surface area contributed by atoms with Gasteiger partial charge in [-0.2, -0.15) is 5.10 Å². The van der Waals surface area contributed by atoms with E-state index in [1.165, 1.54) is 0 Å². The molecule has 2 aromatic heterocycles. The third-order valence-corrected chi connectivity index (χ3v) is 4.85. The van der Waals surface area contributed by atoms with Crippen molar-refractivity contribution in [1.29, 1.82) is 0 Å². The monoisotopic (exact) mass is 376 g/mol. The van der Waals surface area contributed by atoms with Crippen LogP contribution in [0.25, 0.3) is 11.4 Å². The van der Waals surface area contributed by atoms with E-state index >= 15 is 0 Å². The number of rotatable bonds is 4. The minimum absolute atomic E-state index is 0.110. The maximum Gasteiger partial charge on any atom is 0.219 e. The summed E-state index contributed by atoms with van der Waals surface area (Å²) in [5.74, 6) is 1.60. The van der Waals surface area contributed by atoms with Gasteiger partial charge in [-0.15, -0.1) is 0 Å². The maximum atomic E-state index is 11.7. The van der Waals surface area contributed by atoms with Crippen molar-refractivity contribution in [3.63, 3.8) is 0 Å². The highest BCUT2D eigenvalue weighted by Gasteiger charge is 2.18. The number of carbonyl (C=O) groups excluding carboxylic acids is 1. The Morgan fingerprint density at radius 1 is 1.14 bits per heavy atom. The summed E-state index contributed by atoms with van der Waals surface area (Å²) in [6.45, 7) is 6.40. The molecule has 1 N–H and O–H groups in total. The second kappa shape index (κ2) is 7.80. The van der Waals surface area contributed by atoms with Gasteiger partial charge < -0.3 is 10.2 Å². The molecule has 3 aromatic rings. The number of nitrogens with zero attached hydrogens (tertiary/aromatic N) is 5. The molecule has 1 aliphatic rings. The Balaban J connectivity index is 1.49. The maximum absolute atomic E-state index is 11.7. The van der Waals surface area contributed by atoms with Crippen LogP contribution in [0.2, 0.25) is 0 Å². The zero-order valence-corrected chi connectivity index (χ0v) is 16.2. The van der Waals surface area contributed by atoms with Gasteiger partial charge >= 0.3 is 0 Å². The highest BCUT2D eigenvalue weighted by molar-refractivity contribution is 5.73. The normalized spacial score (nSPS) is 13.7. The molecule has 0 fully saturated rings. The van der Waals surface area contributed by atoms with Gasteiger partial charge in [-0.3, -0.25) is 9.48 Å². The quantitative estimate of drug-likeness (QED) is 0.757. The van der Waals surface area contributed by atoms with Crippen molar-refractivity contribution >= 4 is 11.7 Å². The number of aromatic nitrogens is 4. The smallest absolute Gasteiger partial charge is 0.219 e. The second-order valence-corrected chi connectivity index (χ2v) is 7.08. The predicted molar refractivity (Wildman–Crippen MR) is 107 cm³/mol. The van der Waals surface area contributed by atoms with Crippen LogP contribution in [0.3, 0.4) is 0 Å². The van der Waals surface area contributed by atoms with Crippen molar-refractivity contribution in [2.75, 3.05) is 11.9 Å². The first kappa shape index (κ1) is 18.2. The summed E-state index contributed by atoms with van der Waals surface area (Å²) in [5.41, 5.74) is 3.92. The van der Waals surface area contributed by atoms with Gasteiger partial charge in [0.15, 0.2) is 5.82 Å². The van der Waals surface area contributed by atoms with Crippen molar-refractivity contribution in [3.05, 3.63) is 59.5 Å². The Morgan fingerprint density at radius 3 is 2.75 bits per heavy atom. The van der Waals surface area contributed by atoms with E-state index in [4.69, 9.17) is 5.10 Å². The summed E-state index contributed by atoms with van der Waals surface area (Å²) in [7, 11) is 0. The number of anilines is 1. The number of nitrogens with one attached hydrogen (secondary N) is 1. The molecule has 7 nitrogen and oxygen atoms in total. The molecule has 0 atom stereocenters. The van der Waals surface area contributed by atoms with Crippen LogP contribution in [0.1, 0.15) is 30.4 Å². The molecule has 0 spiro atoms. The summed E-state index contributed by atoms with van der Waals surface area (Å²) >= 11 is 0. The first-order chi connectivity index (χ1) is 13.6. The molecule has 7 heteroatoms. The molecule has 0 aliphatic carbocycles. The Labute approximate surface area is 164 Å². The molecule has 0 unspecified atom stereocenters. The van der Waals surface area contributed by atoms with E-state index in [9.17, 15) is 4.79 Å². The zero-order valence-electron chi connectivity index (χ0n) is 16.2. The fraction of sp³-hybridized carbons (Fsp3) is 0.333. The number of amides is 1. The average molecular weight is 376 g/mol. The van der Waals surface area contributed by atoms with Crippen LogP contribution in [0.4, 0.5) is 5.82 Å². The Bertz CT molecular complexity index is 982. The van der Waals surface area contributed by atoms with Gasteiger partial charge in [0.2, 0.25) is 5.91 Å². The van der Waals surface area contributed by atoms with Gasteiger partial charge in [-0.05, 0) is 19.4 Å². The molecule has 144 valence electrons. The summed E-state index contributed by atoms with van der Waals surface area (Å²) in [6, 6.07) is 14.0. The molecular formula is C21H24N6O. The molecule has 0 saturated heterocycles. The van der Waals surface area contributed by atoms with Crippen LogP contribution in [-0.4, -0.2) is 37.1 Å².